The molecule has 4 N–H and O–H groups in total. The van der Waals surface area contributed by atoms with E-state index in [1.807, 2.05) is 5.32 Å². The molecule has 0 aromatic carbocycles. The Morgan fingerprint density at radius 3 is 2.73 bits per heavy atom. The number of imidazole rings is 1. The number of carbonyl (C=O) groups excluding carboxylic acids is 1. The first kappa shape index (κ1) is 11.4. The number of rotatable bonds is 4. The summed E-state index contributed by atoms with van der Waals surface area (Å²) >= 11 is 0. The first-order chi connectivity index (χ1) is 7.00. The number of halogens is 2. The molecule has 6 nitrogen and oxygen atoms in total. The molecule has 84 valence electrons. The number of hydrogen-bond acceptors (Lipinski definition) is 3. The van der Waals surface area contributed by atoms with Gasteiger partial charge in [-0.25, -0.2) is 13.6 Å². The van der Waals surface area contributed by atoms with Crippen LogP contribution in [0.1, 0.15) is 10.5 Å². The van der Waals surface area contributed by atoms with E-state index in [0.717, 1.165) is 6.20 Å². The summed E-state index contributed by atoms with van der Waals surface area (Å²) in [5.41, 5.74) is -0.656. The van der Waals surface area contributed by atoms with Gasteiger partial charge >= 0.3 is 5.69 Å². The Kier molecular flexibility index (Phi) is 3.56. The number of hydrogen-bond donors (Lipinski definition) is 4. The van der Waals surface area contributed by atoms with E-state index in [0.29, 0.717) is 0 Å². The zero-order valence-corrected chi connectivity index (χ0v) is 7.46. The second kappa shape index (κ2) is 4.69. The number of aromatic amines is 2. The fourth-order valence-corrected chi connectivity index (χ4v) is 0.836. The highest BCUT2D eigenvalue weighted by atomic mass is 19.3. The standard InChI is InChI=1S/C7H9F2N3O3/c8-5(9)4(13)2-10-6(14)3-1-11-7(15)12-3/h1,4-5,13H,2H2,(H,10,14)(H2,11,12,15). The molecule has 1 aromatic rings. The summed E-state index contributed by atoms with van der Waals surface area (Å²) in [4.78, 5) is 26.0. The molecular weight excluding hydrogens is 212 g/mol. The maximum Gasteiger partial charge on any atom is 0.323 e. The van der Waals surface area contributed by atoms with E-state index in [4.69, 9.17) is 5.11 Å². The van der Waals surface area contributed by atoms with Crippen molar-refractivity contribution in [2.75, 3.05) is 6.54 Å². The molecule has 0 saturated heterocycles. The van der Waals surface area contributed by atoms with Crippen molar-refractivity contribution in [3.8, 4) is 0 Å². The number of alkyl halides is 2. The van der Waals surface area contributed by atoms with Gasteiger partial charge in [0.1, 0.15) is 11.8 Å². The maximum atomic E-state index is 11.8. The molecule has 8 heteroatoms. The first-order valence-corrected chi connectivity index (χ1v) is 4.03. The smallest absolute Gasteiger partial charge is 0.323 e. The molecule has 0 aliphatic rings. The third kappa shape index (κ3) is 3.17. The second-order valence-corrected chi connectivity index (χ2v) is 2.77. The largest absolute Gasteiger partial charge is 0.385 e. The van der Waals surface area contributed by atoms with Gasteiger partial charge in [-0.1, -0.05) is 0 Å². The number of aliphatic hydroxyl groups is 1. The first-order valence-electron chi connectivity index (χ1n) is 4.03. The van der Waals surface area contributed by atoms with Crippen LogP contribution in [-0.4, -0.2) is 40.1 Å². The highest BCUT2D eigenvalue weighted by Crippen LogP contribution is 1.98. The molecule has 0 aliphatic heterocycles. The molecule has 1 heterocycles. The Labute approximate surface area is 82.3 Å². The number of amides is 1. The summed E-state index contributed by atoms with van der Waals surface area (Å²) in [5.74, 6) is -0.743. The van der Waals surface area contributed by atoms with Gasteiger partial charge in [0.15, 0.2) is 0 Å². The van der Waals surface area contributed by atoms with Gasteiger partial charge in [0.2, 0.25) is 0 Å². The van der Waals surface area contributed by atoms with Gasteiger partial charge in [-0.3, -0.25) is 4.79 Å². The van der Waals surface area contributed by atoms with E-state index in [2.05, 4.69) is 9.97 Å². The summed E-state index contributed by atoms with van der Waals surface area (Å²) in [7, 11) is 0. The summed E-state index contributed by atoms with van der Waals surface area (Å²) < 4.78 is 23.6. The van der Waals surface area contributed by atoms with Crippen molar-refractivity contribution < 1.29 is 18.7 Å². The van der Waals surface area contributed by atoms with E-state index < -0.39 is 30.7 Å². The second-order valence-electron chi connectivity index (χ2n) is 2.77. The fraction of sp³-hybridized carbons (Fsp3) is 0.429. The molecule has 15 heavy (non-hydrogen) atoms. The van der Waals surface area contributed by atoms with Crippen LogP contribution in [0.5, 0.6) is 0 Å². The molecule has 1 amide bonds. The van der Waals surface area contributed by atoms with Crippen molar-refractivity contribution in [1.82, 2.24) is 15.3 Å². The topological polar surface area (TPSA) is 98.0 Å². The van der Waals surface area contributed by atoms with Gasteiger partial charge in [0.25, 0.3) is 12.3 Å². The molecule has 0 fully saturated rings. The lowest BCUT2D eigenvalue weighted by molar-refractivity contribution is -0.00272. The van der Waals surface area contributed by atoms with Crippen LogP contribution in [0.25, 0.3) is 0 Å². The Balaban J connectivity index is 2.47. The molecule has 1 rings (SSSR count). The maximum absolute atomic E-state index is 11.8. The zero-order chi connectivity index (χ0) is 11.4. The fourth-order valence-electron chi connectivity index (χ4n) is 0.836. The van der Waals surface area contributed by atoms with E-state index in [1.165, 1.54) is 0 Å². The third-order valence-electron chi connectivity index (χ3n) is 1.60. The van der Waals surface area contributed by atoms with E-state index in [9.17, 15) is 18.4 Å². The van der Waals surface area contributed by atoms with Crippen LogP contribution < -0.4 is 11.0 Å². The van der Waals surface area contributed by atoms with Gasteiger partial charge < -0.3 is 20.4 Å². The van der Waals surface area contributed by atoms with Crippen molar-refractivity contribution in [2.24, 2.45) is 0 Å². The number of H-pyrrole nitrogens is 2. The lowest BCUT2D eigenvalue weighted by Crippen LogP contribution is -2.36. The van der Waals surface area contributed by atoms with Crippen LogP contribution in [0.4, 0.5) is 8.78 Å². The van der Waals surface area contributed by atoms with Crippen LogP contribution in [0.3, 0.4) is 0 Å². The predicted octanol–water partition coefficient (Wildman–Crippen LogP) is -0.941. The lowest BCUT2D eigenvalue weighted by atomic mass is 10.3. The number of aromatic nitrogens is 2. The van der Waals surface area contributed by atoms with Crippen molar-refractivity contribution in [1.29, 1.82) is 0 Å². The molecule has 0 spiro atoms. The van der Waals surface area contributed by atoms with Crippen molar-refractivity contribution in [2.45, 2.75) is 12.5 Å². The molecule has 0 bridgehead atoms. The third-order valence-corrected chi connectivity index (χ3v) is 1.60. The SMILES string of the molecule is O=C(NCC(O)C(F)F)c1c[nH]c(=O)[nH]1. The van der Waals surface area contributed by atoms with E-state index >= 15 is 0 Å². The van der Waals surface area contributed by atoms with Crippen molar-refractivity contribution in [3.05, 3.63) is 22.4 Å². The predicted molar refractivity (Wildman–Crippen MR) is 45.8 cm³/mol. The van der Waals surface area contributed by atoms with Gasteiger partial charge in [-0.15, -0.1) is 0 Å². The minimum atomic E-state index is -2.92. The Morgan fingerprint density at radius 1 is 1.60 bits per heavy atom. The van der Waals surface area contributed by atoms with Gasteiger partial charge in [0, 0.05) is 12.7 Å². The Bertz CT molecular complexity index is 387. The number of nitrogens with one attached hydrogen (secondary N) is 3. The van der Waals surface area contributed by atoms with Crippen molar-refractivity contribution in [3.63, 3.8) is 0 Å². The zero-order valence-electron chi connectivity index (χ0n) is 7.46. The summed E-state index contributed by atoms with van der Waals surface area (Å²) in [6.07, 6.45) is -3.73. The molecule has 0 aliphatic carbocycles. The van der Waals surface area contributed by atoms with Crippen molar-refractivity contribution >= 4 is 5.91 Å². The monoisotopic (exact) mass is 221 g/mol. The van der Waals surface area contributed by atoms with E-state index in [1.54, 1.807) is 0 Å². The van der Waals surface area contributed by atoms with Crippen LogP contribution in [0.15, 0.2) is 11.0 Å². The molecular formula is C7H9F2N3O3. The average Bonchev–Trinajstić information content (AvgIpc) is 2.60. The normalized spacial score (nSPS) is 12.8. The molecule has 1 aromatic heterocycles. The minimum Gasteiger partial charge on any atom is -0.385 e. The highest BCUT2D eigenvalue weighted by Gasteiger charge is 2.18. The molecule has 0 saturated carbocycles. The average molecular weight is 221 g/mol. The van der Waals surface area contributed by atoms with Gasteiger partial charge in [-0.2, -0.15) is 0 Å². The van der Waals surface area contributed by atoms with Crippen LogP contribution >= 0.6 is 0 Å². The lowest BCUT2D eigenvalue weighted by Gasteiger charge is -2.09. The van der Waals surface area contributed by atoms with E-state index in [-0.39, 0.29) is 5.69 Å². The van der Waals surface area contributed by atoms with Crippen LogP contribution in [-0.2, 0) is 0 Å². The molecule has 0 radical (unpaired) electrons. The molecule has 1 atom stereocenters. The summed E-state index contributed by atoms with van der Waals surface area (Å²) in [6.45, 7) is -0.580. The Hall–Kier alpha value is -1.70. The Morgan fingerprint density at radius 2 is 2.27 bits per heavy atom. The number of carbonyl (C=O) groups is 1. The highest BCUT2D eigenvalue weighted by molar-refractivity contribution is 5.91. The van der Waals surface area contributed by atoms with Crippen LogP contribution in [0.2, 0.25) is 0 Å². The van der Waals surface area contributed by atoms with Gasteiger partial charge in [-0.05, 0) is 0 Å². The minimum absolute atomic E-state index is 0.0820. The number of aliphatic hydroxyl groups excluding tert-OH is 1. The summed E-state index contributed by atoms with van der Waals surface area (Å²) in [6, 6.07) is 0. The molecule has 1 unspecified atom stereocenters. The summed E-state index contributed by atoms with van der Waals surface area (Å²) in [5, 5.41) is 10.7. The van der Waals surface area contributed by atoms with Gasteiger partial charge in [0.05, 0.1) is 0 Å². The van der Waals surface area contributed by atoms with Crippen LogP contribution in [0, 0.1) is 0 Å². The quantitative estimate of drug-likeness (QED) is 0.528.